The topological polar surface area (TPSA) is 195 Å². The van der Waals surface area contributed by atoms with E-state index in [2.05, 4.69) is 41.8 Å². The SMILES string of the molecule is CNCCCCCCC(=O)Nc1cc(C(=O)NCCCCCC(=O)OCCSCc2ccc(N=Nc3ccccc3)cc2)n(C)c1.CNCCCCCCC(=O)On1nnc2ccccc21. The van der Waals surface area contributed by atoms with Crippen LogP contribution in [-0.2, 0) is 31.9 Å². The Bertz CT molecular complexity index is 2200. The quantitative estimate of drug-likeness (QED) is 0.0149. The summed E-state index contributed by atoms with van der Waals surface area (Å²) in [6.45, 7) is 2.93. The van der Waals surface area contributed by atoms with E-state index in [9.17, 15) is 19.2 Å². The normalized spacial score (nSPS) is 11.0. The summed E-state index contributed by atoms with van der Waals surface area (Å²) in [6.07, 6.45) is 13.6. The number of aryl methyl sites for hydroxylation is 1. The molecule has 0 aliphatic carbocycles. The van der Waals surface area contributed by atoms with Crippen LogP contribution in [-0.4, -0.2) is 89.6 Å². The predicted octanol–water partition coefficient (Wildman–Crippen LogP) is 8.87. The Balaban J connectivity index is 0.000000394. The van der Waals surface area contributed by atoms with E-state index in [1.54, 1.807) is 35.6 Å². The number of nitrogens with zero attached hydrogens (tertiary/aromatic N) is 6. The number of esters is 1. The number of unbranched alkanes of at least 4 members (excludes halogenated alkanes) is 8. The number of hydrogen-bond donors (Lipinski definition) is 4. The van der Waals surface area contributed by atoms with Crippen molar-refractivity contribution in [3.05, 3.63) is 102 Å². The zero-order valence-electron chi connectivity index (χ0n) is 38.8. The molecule has 16 nitrogen and oxygen atoms in total. The Morgan fingerprint density at radius 1 is 0.682 bits per heavy atom. The van der Waals surface area contributed by atoms with Crippen LogP contribution in [0, 0.1) is 0 Å². The van der Waals surface area contributed by atoms with Gasteiger partial charge in [-0.1, -0.05) is 79.4 Å². The fraction of sp³-hybridized carbons (Fsp3) is 0.469. The molecular weight excluding hydrogens is 857 g/mol. The number of rotatable bonds is 30. The Morgan fingerprint density at radius 2 is 1.29 bits per heavy atom. The maximum atomic E-state index is 12.6. The molecule has 0 spiro atoms. The Labute approximate surface area is 393 Å². The lowest BCUT2D eigenvalue weighted by atomic mass is 10.1. The summed E-state index contributed by atoms with van der Waals surface area (Å²) in [5.74, 6) is 0.881. The van der Waals surface area contributed by atoms with Gasteiger partial charge in [-0.2, -0.15) is 22.0 Å². The van der Waals surface area contributed by atoms with E-state index in [4.69, 9.17) is 9.57 Å². The number of azo groups is 1. The Kier molecular flexibility index (Phi) is 25.5. The molecule has 0 unspecified atom stereocenters. The average Bonchev–Trinajstić information content (AvgIpc) is 3.91. The first-order valence-electron chi connectivity index (χ1n) is 23.1. The zero-order valence-corrected chi connectivity index (χ0v) is 39.7. The van der Waals surface area contributed by atoms with Crippen LogP contribution in [0.25, 0.3) is 11.0 Å². The van der Waals surface area contributed by atoms with Crippen LogP contribution in [0.2, 0.25) is 0 Å². The van der Waals surface area contributed by atoms with Crippen LogP contribution < -0.4 is 26.1 Å². The largest absolute Gasteiger partial charge is 0.465 e. The molecular formula is C49H68N10O6S. The second kappa shape index (κ2) is 31.9. The van der Waals surface area contributed by atoms with Gasteiger partial charge in [-0.05, 0) is 119 Å². The molecule has 0 bridgehead atoms. The minimum atomic E-state index is -0.269. The number of thioether (sulfide) groups is 1. The van der Waals surface area contributed by atoms with Crippen LogP contribution in [0.4, 0.5) is 17.1 Å². The second-order valence-electron chi connectivity index (χ2n) is 15.8. The number of anilines is 1. The number of ether oxygens (including phenoxy) is 1. The van der Waals surface area contributed by atoms with E-state index < -0.39 is 0 Å². The van der Waals surface area contributed by atoms with Crippen molar-refractivity contribution in [2.75, 3.05) is 51.4 Å². The summed E-state index contributed by atoms with van der Waals surface area (Å²) in [6, 6.07) is 26.7. The Morgan fingerprint density at radius 3 is 2.00 bits per heavy atom. The fourth-order valence-electron chi connectivity index (χ4n) is 6.61. The minimum absolute atomic E-state index is 0.0337. The minimum Gasteiger partial charge on any atom is -0.465 e. The summed E-state index contributed by atoms with van der Waals surface area (Å²) in [4.78, 5) is 55.0. The van der Waals surface area contributed by atoms with Gasteiger partial charge in [-0.3, -0.25) is 14.4 Å². The highest BCUT2D eigenvalue weighted by atomic mass is 32.2. The lowest BCUT2D eigenvalue weighted by Crippen LogP contribution is -2.26. The molecule has 5 rings (SSSR count). The summed E-state index contributed by atoms with van der Waals surface area (Å²) >= 11 is 1.72. The van der Waals surface area contributed by atoms with Gasteiger partial charge >= 0.3 is 11.9 Å². The molecule has 66 heavy (non-hydrogen) atoms. The van der Waals surface area contributed by atoms with Gasteiger partial charge in [0.15, 0.2) is 0 Å². The van der Waals surface area contributed by atoms with E-state index in [0.29, 0.717) is 61.2 Å². The van der Waals surface area contributed by atoms with Crippen LogP contribution in [0.1, 0.15) is 106 Å². The van der Waals surface area contributed by atoms with Crippen molar-refractivity contribution >= 4 is 63.6 Å². The average molecular weight is 925 g/mol. The highest BCUT2D eigenvalue weighted by molar-refractivity contribution is 7.98. The molecule has 0 radical (unpaired) electrons. The van der Waals surface area contributed by atoms with Crippen molar-refractivity contribution in [1.82, 2.24) is 35.7 Å². The fourth-order valence-corrected chi connectivity index (χ4v) is 7.39. The third-order valence-electron chi connectivity index (χ3n) is 10.2. The van der Waals surface area contributed by atoms with Gasteiger partial charge in [0.05, 0.1) is 17.1 Å². The number of carbonyl (C=O) groups excluding carboxylic acids is 4. The number of hydrogen-bond acceptors (Lipinski definition) is 13. The third-order valence-corrected chi connectivity index (χ3v) is 11.2. The van der Waals surface area contributed by atoms with Crippen molar-refractivity contribution < 1.29 is 28.8 Å². The molecule has 0 saturated heterocycles. The van der Waals surface area contributed by atoms with Crippen molar-refractivity contribution in [2.45, 2.75) is 95.6 Å². The molecule has 0 fully saturated rings. The van der Waals surface area contributed by atoms with Gasteiger partial charge in [0.2, 0.25) is 5.91 Å². The first-order valence-corrected chi connectivity index (χ1v) is 24.3. The smallest absolute Gasteiger partial charge is 0.335 e. The molecule has 2 amide bonds. The highest BCUT2D eigenvalue weighted by Crippen LogP contribution is 2.21. The molecule has 356 valence electrons. The van der Waals surface area contributed by atoms with E-state index >= 15 is 0 Å². The molecule has 0 saturated carbocycles. The molecule has 4 N–H and O–H groups in total. The first kappa shape index (κ1) is 52.7. The monoisotopic (exact) mass is 925 g/mol. The van der Waals surface area contributed by atoms with Crippen molar-refractivity contribution in [1.29, 1.82) is 0 Å². The summed E-state index contributed by atoms with van der Waals surface area (Å²) in [5, 5.41) is 28.3. The van der Waals surface area contributed by atoms with E-state index in [0.717, 1.165) is 100 Å². The van der Waals surface area contributed by atoms with Gasteiger partial charge in [-0.15, -0.1) is 5.10 Å². The number of nitrogens with one attached hydrogen (secondary N) is 4. The summed E-state index contributed by atoms with van der Waals surface area (Å²) in [5.41, 5.74) is 5.34. The molecule has 0 aliphatic rings. The lowest BCUT2D eigenvalue weighted by molar-refractivity contribution is -0.145. The second-order valence-corrected chi connectivity index (χ2v) is 16.9. The number of amides is 2. The van der Waals surface area contributed by atoms with Crippen molar-refractivity contribution in [2.24, 2.45) is 17.3 Å². The number of carbonyl (C=O) groups is 4. The van der Waals surface area contributed by atoms with E-state index in [1.807, 2.05) is 93.0 Å². The molecule has 0 atom stereocenters. The van der Waals surface area contributed by atoms with Gasteiger partial charge in [0.1, 0.15) is 23.3 Å². The third kappa shape index (κ3) is 21.4. The molecule has 0 aliphatic heterocycles. The van der Waals surface area contributed by atoms with Crippen molar-refractivity contribution in [3.8, 4) is 0 Å². The van der Waals surface area contributed by atoms with Gasteiger partial charge in [-0.25, -0.2) is 4.79 Å². The number of para-hydroxylation sites is 1. The van der Waals surface area contributed by atoms with E-state index in [-0.39, 0.29) is 23.8 Å². The maximum Gasteiger partial charge on any atom is 0.335 e. The van der Waals surface area contributed by atoms with Crippen LogP contribution in [0.3, 0.4) is 0 Å². The van der Waals surface area contributed by atoms with Crippen molar-refractivity contribution in [3.63, 3.8) is 0 Å². The number of aromatic nitrogens is 4. The number of fused-ring (bicyclic) bond motifs is 1. The molecule has 3 aromatic carbocycles. The number of benzene rings is 3. The maximum absolute atomic E-state index is 12.6. The summed E-state index contributed by atoms with van der Waals surface area (Å²) in [7, 11) is 5.67. The van der Waals surface area contributed by atoms with Gasteiger partial charge in [0.25, 0.3) is 5.91 Å². The van der Waals surface area contributed by atoms with Gasteiger partial charge < -0.3 is 35.4 Å². The van der Waals surface area contributed by atoms with Crippen LogP contribution in [0.15, 0.2) is 101 Å². The van der Waals surface area contributed by atoms with Crippen LogP contribution >= 0.6 is 11.8 Å². The predicted molar refractivity (Wildman–Crippen MR) is 262 cm³/mol. The molecule has 5 aromatic rings. The highest BCUT2D eigenvalue weighted by Gasteiger charge is 2.14. The summed E-state index contributed by atoms with van der Waals surface area (Å²) < 4.78 is 7.08. The van der Waals surface area contributed by atoms with Crippen LogP contribution in [0.5, 0.6) is 0 Å². The molecule has 17 heteroatoms. The first-order chi connectivity index (χ1) is 32.2. The Hall–Kier alpha value is -5.91. The zero-order chi connectivity index (χ0) is 47.0. The van der Waals surface area contributed by atoms with E-state index in [1.165, 1.54) is 10.4 Å². The lowest BCUT2D eigenvalue weighted by Gasteiger charge is -2.07. The van der Waals surface area contributed by atoms with Gasteiger partial charge in [0, 0.05) is 50.6 Å². The standard InChI is InChI=1S/C35H48N6O4S.C14H20N4O2/c1-36-21-11-4-3-9-15-33(42)38-31-25-32(41(2)26-31)35(44)37-22-12-6-10-16-34(43)45-23-24-46-27-28-17-19-30(20-18-28)40-39-29-13-7-5-8-14-29;1-15-11-7-3-2-4-10-14(19)20-18-13-9-6-5-8-12(13)16-17-18/h5,7-8,13-14,17-20,25-26,36H,3-4,6,9-12,15-16,21-24,27H2,1-2H3,(H,37,44)(H,38,42);5-6,8-9,15H,2-4,7,10-11H2,1H3. The molecule has 2 aromatic heterocycles. The molecule has 2 heterocycles.